The number of hydrogen-bond acceptors (Lipinski definition) is 3. The minimum absolute atomic E-state index is 0.147. The summed E-state index contributed by atoms with van der Waals surface area (Å²) >= 11 is 1.85. The van der Waals surface area contributed by atoms with E-state index in [0.29, 0.717) is 13.0 Å². The van der Waals surface area contributed by atoms with Gasteiger partial charge in [0.25, 0.3) is 0 Å². The van der Waals surface area contributed by atoms with Crippen LogP contribution in [0.1, 0.15) is 32.9 Å². The van der Waals surface area contributed by atoms with Crippen molar-refractivity contribution in [2.45, 2.75) is 40.2 Å². The van der Waals surface area contributed by atoms with Crippen molar-refractivity contribution < 1.29 is 14.6 Å². The maximum atomic E-state index is 10.6. The normalized spacial score (nSPS) is 10.8. The van der Waals surface area contributed by atoms with Crippen LogP contribution in [0.4, 0.5) is 0 Å². The number of carbonyl (C=O) groups is 1. The van der Waals surface area contributed by atoms with E-state index in [1.54, 1.807) is 0 Å². The van der Waals surface area contributed by atoms with Crippen molar-refractivity contribution >= 4 is 17.3 Å². The number of aliphatic carboxylic acids is 1. The van der Waals surface area contributed by atoms with Crippen LogP contribution in [0, 0.1) is 20.8 Å². The molecule has 0 aliphatic carbocycles. The third kappa shape index (κ3) is 4.77. The van der Waals surface area contributed by atoms with Crippen LogP contribution in [-0.4, -0.2) is 11.1 Å². The molecule has 3 rings (SSSR count). The number of carboxylic acid groups (broad SMARTS) is 1. The Morgan fingerprint density at radius 1 is 1.00 bits per heavy atom. The monoisotopic (exact) mass is 380 g/mol. The molecule has 0 fully saturated rings. The van der Waals surface area contributed by atoms with Crippen LogP contribution < -0.4 is 4.74 Å². The fraction of sp³-hybridized carbons (Fsp3) is 0.261. The average Bonchev–Trinajstić information content (AvgIpc) is 2.91. The van der Waals surface area contributed by atoms with Crippen molar-refractivity contribution in [1.29, 1.82) is 0 Å². The van der Waals surface area contributed by atoms with Crippen LogP contribution >= 0.6 is 11.3 Å². The minimum atomic E-state index is -0.776. The number of aryl methyl sites for hydroxylation is 3. The molecule has 0 atom stereocenters. The zero-order valence-electron chi connectivity index (χ0n) is 15.9. The van der Waals surface area contributed by atoms with Gasteiger partial charge in [-0.05, 0) is 73.2 Å². The molecule has 3 aromatic rings. The number of rotatable bonds is 7. The highest BCUT2D eigenvalue weighted by molar-refractivity contribution is 7.12. The first-order valence-corrected chi connectivity index (χ1v) is 9.85. The van der Waals surface area contributed by atoms with Gasteiger partial charge < -0.3 is 9.84 Å². The van der Waals surface area contributed by atoms with E-state index in [9.17, 15) is 4.79 Å². The standard InChI is InChI=1S/C23H24O3S/c1-15-16(2)27-17(3)23(15)20-6-4-5-19(13-20)14-26-21-10-7-18(8-11-21)9-12-22(24)25/h4-8,10-11,13H,9,12,14H2,1-3H3,(H,24,25). The molecular formula is C23H24O3S. The summed E-state index contributed by atoms with van der Waals surface area (Å²) in [7, 11) is 0. The molecule has 0 aliphatic rings. The molecule has 2 aromatic carbocycles. The molecule has 1 aromatic heterocycles. The molecule has 1 heterocycles. The van der Waals surface area contributed by atoms with Crippen LogP contribution in [0.3, 0.4) is 0 Å². The van der Waals surface area contributed by atoms with Crippen molar-refractivity contribution in [2.24, 2.45) is 0 Å². The molecule has 0 saturated carbocycles. The Morgan fingerprint density at radius 3 is 2.37 bits per heavy atom. The maximum Gasteiger partial charge on any atom is 0.303 e. The van der Waals surface area contributed by atoms with E-state index < -0.39 is 5.97 Å². The number of carboxylic acids is 1. The summed E-state index contributed by atoms with van der Waals surface area (Å²) in [6, 6.07) is 16.2. The van der Waals surface area contributed by atoms with Gasteiger partial charge in [0.05, 0.1) is 0 Å². The van der Waals surface area contributed by atoms with Gasteiger partial charge in [-0.2, -0.15) is 0 Å². The van der Waals surface area contributed by atoms with E-state index in [0.717, 1.165) is 16.9 Å². The van der Waals surface area contributed by atoms with Gasteiger partial charge in [-0.1, -0.05) is 30.3 Å². The highest BCUT2D eigenvalue weighted by Gasteiger charge is 2.11. The van der Waals surface area contributed by atoms with Crippen LogP contribution in [0.2, 0.25) is 0 Å². The molecule has 27 heavy (non-hydrogen) atoms. The van der Waals surface area contributed by atoms with E-state index in [4.69, 9.17) is 9.84 Å². The summed E-state index contributed by atoms with van der Waals surface area (Å²) in [5.74, 6) is 0.0136. The van der Waals surface area contributed by atoms with Crippen LogP contribution in [-0.2, 0) is 17.8 Å². The Labute approximate surface area is 164 Å². The first-order valence-electron chi connectivity index (χ1n) is 9.03. The summed E-state index contributed by atoms with van der Waals surface area (Å²) in [5, 5.41) is 8.76. The summed E-state index contributed by atoms with van der Waals surface area (Å²) in [4.78, 5) is 13.4. The second kappa shape index (κ2) is 8.40. The molecule has 0 spiro atoms. The summed E-state index contributed by atoms with van der Waals surface area (Å²) < 4.78 is 5.92. The van der Waals surface area contributed by atoms with Gasteiger partial charge in [-0.3, -0.25) is 4.79 Å². The molecule has 140 valence electrons. The van der Waals surface area contributed by atoms with Crippen LogP contribution in [0.15, 0.2) is 48.5 Å². The molecule has 0 aliphatic heterocycles. The van der Waals surface area contributed by atoms with E-state index in [1.165, 1.54) is 26.4 Å². The number of benzene rings is 2. The van der Waals surface area contributed by atoms with Gasteiger partial charge in [0, 0.05) is 16.2 Å². The largest absolute Gasteiger partial charge is 0.489 e. The topological polar surface area (TPSA) is 46.5 Å². The third-order valence-corrected chi connectivity index (χ3v) is 5.86. The summed E-state index contributed by atoms with van der Waals surface area (Å²) in [6.07, 6.45) is 0.685. The molecule has 0 amide bonds. The smallest absolute Gasteiger partial charge is 0.303 e. The Morgan fingerprint density at radius 2 is 1.74 bits per heavy atom. The van der Waals surface area contributed by atoms with Gasteiger partial charge in [0.15, 0.2) is 0 Å². The quantitative estimate of drug-likeness (QED) is 0.552. The maximum absolute atomic E-state index is 10.6. The lowest BCUT2D eigenvalue weighted by molar-refractivity contribution is -0.136. The van der Waals surface area contributed by atoms with Gasteiger partial charge >= 0.3 is 5.97 Å². The molecule has 1 N–H and O–H groups in total. The predicted octanol–water partition coefficient (Wildman–Crippen LogP) is 5.94. The van der Waals surface area contributed by atoms with E-state index in [2.05, 4.69) is 45.0 Å². The minimum Gasteiger partial charge on any atom is -0.489 e. The zero-order chi connectivity index (χ0) is 19.4. The van der Waals surface area contributed by atoms with Gasteiger partial charge in [0.2, 0.25) is 0 Å². The fourth-order valence-corrected chi connectivity index (χ4v) is 4.29. The number of ether oxygens (including phenoxy) is 1. The van der Waals surface area contributed by atoms with E-state index in [-0.39, 0.29) is 6.42 Å². The first-order chi connectivity index (χ1) is 12.9. The van der Waals surface area contributed by atoms with Crippen molar-refractivity contribution in [3.05, 3.63) is 75.0 Å². The lowest BCUT2D eigenvalue weighted by Crippen LogP contribution is -1.98. The van der Waals surface area contributed by atoms with Crippen LogP contribution in [0.5, 0.6) is 5.75 Å². The third-order valence-electron chi connectivity index (χ3n) is 4.73. The number of thiophene rings is 1. The summed E-state index contributed by atoms with van der Waals surface area (Å²) in [5.41, 5.74) is 6.06. The Kier molecular flexibility index (Phi) is 5.97. The molecule has 0 unspecified atom stereocenters. The number of hydrogen-bond donors (Lipinski definition) is 1. The molecule has 0 saturated heterocycles. The molecule has 0 bridgehead atoms. The highest BCUT2D eigenvalue weighted by Crippen LogP contribution is 2.35. The Bertz CT molecular complexity index is 939. The molecule has 3 nitrogen and oxygen atoms in total. The second-order valence-corrected chi connectivity index (χ2v) is 8.17. The Balaban J connectivity index is 1.67. The van der Waals surface area contributed by atoms with Crippen molar-refractivity contribution in [1.82, 2.24) is 0 Å². The van der Waals surface area contributed by atoms with Gasteiger partial charge in [-0.25, -0.2) is 0 Å². The Hall–Kier alpha value is -2.59. The van der Waals surface area contributed by atoms with E-state index in [1.807, 2.05) is 35.6 Å². The van der Waals surface area contributed by atoms with Gasteiger partial charge in [0.1, 0.15) is 12.4 Å². The average molecular weight is 381 g/mol. The van der Waals surface area contributed by atoms with Crippen LogP contribution in [0.25, 0.3) is 11.1 Å². The second-order valence-electron chi connectivity index (χ2n) is 6.74. The predicted molar refractivity (Wildman–Crippen MR) is 111 cm³/mol. The van der Waals surface area contributed by atoms with Crippen molar-refractivity contribution in [3.63, 3.8) is 0 Å². The van der Waals surface area contributed by atoms with Crippen molar-refractivity contribution in [3.8, 4) is 16.9 Å². The lowest BCUT2D eigenvalue weighted by Gasteiger charge is -2.10. The fourth-order valence-electron chi connectivity index (χ4n) is 3.20. The lowest BCUT2D eigenvalue weighted by atomic mass is 10.00. The summed E-state index contributed by atoms with van der Waals surface area (Å²) in [6.45, 7) is 7.03. The van der Waals surface area contributed by atoms with Crippen molar-refractivity contribution in [2.75, 3.05) is 0 Å². The first kappa shape index (κ1) is 19.2. The van der Waals surface area contributed by atoms with Gasteiger partial charge in [-0.15, -0.1) is 11.3 Å². The molecular weight excluding hydrogens is 356 g/mol. The molecule has 0 radical (unpaired) electrons. The SMILES string of the molecule is Cc1sc(C)c(-c2cccc(COc3ccc(CCC(=O)O)cc3)c2)c1C. The highest BCUT2D eigenvalue weighted by atomic mass is 32.1. The zero-order valence-corrected chi connectivity index (χ0v) is 16.7. The molecule has 4 heteroatoms. The van der Waals surface area contributed by atoms with E-state index >= 15 is 0 Å².